The number of hydrogen-bond acceptors (Lipinski definition) is 2. The van der Waals surface area contributed by atoms with Gasteiger partial charge in [-0.05, 0) is 19.9 Å². The van der Waals surface area contributed by atoms with Crippen molar-refractivity contribution < 1.29 is 18.0 Å². The molecule has 0 aliphatic heterocycles. The summed E-state index contributed by atoms with van der Waals surface area (Å²) in [6.07, 6.45) is -4.56. The minimum Gasteiger partial charge on any atom is -0.355 e. The van der Waals surface area contributed by atoms with Crippen LogP contribution in [-0.4, -0.2) is 17.9 Å². The molecule has 88 valence electrons. The summed E-state index contributed by atoms with van der Waals surface area (Å²) in [4.78, 5) is 15.2. The molecule has 1 rings (SSSR count). The molecular weight excluding hydrogens is 221 g/mol. The Bertz CT molecular complexity index is 427. The zero-order valence-electron chi connectivity index (χ0n) is 9.07. The molecule has 16 heavy (non-hydrogen) atoms. The number of nitrogens with zero attached hydrogens (tertiary/aromatic N) is 1. The second-order valence-corrected chi connectivity index (χ2v) is 3.35. The summed E-state index contributed by atoms with van der Waals surface area (Å²) in [6, 6.07) is 0.873. The van der Waals surface area contributed by atoms with Gasteiger partial charge in [0.2, 0.25) is 0 Å². The minimum absolute atomic E-state index is 0.0756. The van der Waals surface area contributed by atoms with Crippen LogP contribution in [0.1, 0.15) is 27.3 Å². The molecule has 1 aromatic rings. The number of pyridine rings is 1. The molecule has 0 bridgehead atoms. The van der Waals surface area contributed by atoms with Crippen LogP contribution in [0.3, 0.4) is 0 Å². The first kappa shape index (κ1) is 12.5. The predicted molar refractivity (Wildman–Crippen MR) is 52.1 cm³/mol. The number of alkyl halides is 3. The fourth-order valence-corrected chi connectivity index (χ4v) is 1.46. The van der Waals surface area contributed by atoms with E-state index in [1.165, 1.54) is 20.9 Å². The lowest BCUT2D eigenvalue weighted by atomic mass is 10.0. The van der Waals surface area contributed by atoms with Crippen molar-refractivity contribution in [2.75, 3.05) is 7.05 Å². The Hall–Kier alpha value is -1.59. The maximum Gasteiger partial charge on any atom is 0.417 e. The number of carbonyl (C=O) groups is 1. The lowest BCUT2D eigenvalue weighted by molar-refractivity contribution is -0.138. The zero-order chi connectivity index (χ0) is 12.5. The Kier molecular flexibility index (Phi) is 3.21. The number of carbonyl (C=O) groups excluding carboxylic acids is 1. The summed E-state index contributed by atoms with van der Waals surface area (Å²) < 4.78 is 38.1. The summed E-state index contributed by atoms with van der Waals surface area (Å²) in [7, 11) is 1.28. The number of aryl methyl sites for hydroxylation is 2. The summed E-state index contributed by atoms with van der Waals surface area (Å²) in [5.41, 5.74) is -1.05. The first-order valence-corrected chi connectivity index (χ1v) is 4.55. The molecule has 0 aliphatic carbocycles. The van der Waals surface area contributed by atoms with Crippen molar-refractivity contribution in [1.29, 1.82) is 0 Å². The van der Waals surface area contributed by atoms with E-state index >= 15 is 0 Å². The van der Waals surface area contributed by atoms with Crippen molar-refractivity contribution in [2.24, 2.45) is 0 Å². The average molecular weight is 232 g/mol. The Balaban J connectivity index is 3.51. The molecule has 0 saturated heterocycles. The van der Waals surface area contributed by atoms with Crippen LogP contribution in [0, 0.1) is 13.8 Å². The fourth-order valence-electron chi connectivity index (χ4n) is 1.46. The van der Waals surface area contributed by atoms with Gasteiger partial charge in [0.1, 0.15) is 0 Å². The zero-order valence-corrected chi connectivity index (χ0v) is 9.07. The van der Waals surface area contributed by atoms with E-state index in [-0.39, 0.29) is 11.4 Å². The Morgan fingerprint density at radius 1 is 1.38 bits per heavy atom. The number of halogens is 3. The van der Waals surface area contributed by atoms with Crippen LogP contribution in [0.25, 0.3) is 0 Å². The third-order valence-electron chi connectivity index (χ3n) is 2.09. The molecule has 1 aromatic heterocycles. The van der Waals surface area contributed by atoms with Crippen LogP contribution < -0.4 is 5.32 Å². The van der Waals surface area contributed by atoms with Gasteiger partial charge in [-0.15, -0.1) is 0 Å². The van der Waals surface area contributed by atoms with Gasteiger partial charge in [0, 0.05) is 12.7 Å². The van der Waals surface area contributed by atoms with Gasteiger partial charge in [0.15, 0.2) is 0 Å². The normalized spacial score (nSPS) is 11.4. The number of nitrogens with one attached hydrogen (secondary N) is 1. The monoisotopic (exact) mass is 232 g/mol. The van der Waals surface area contributed by atoms with Gasteiger partial charge in [-0.25, -0.2) is 0 Å². The van der Waals surface area contributed by atoms with Crippen molar-refractivity contribution in [3.8, 4) is 0 Å². The lowest BCUT2D eigenvalue weighted by Gasteiger charge is -2.14. The summed E-state index contributed by atoms with van der Waals surface area (Å²) in [5, 5.41) is 2.18. The second kappa shape index (κ2) is 4.11. The Labute approximate surface area is 90.7 Å². The van der Waals surface area contributed by atoms with Crippen LogP contribution >= 0.6 is 0 Å². The van der Waals surface area contributed by atoms with Crippen molar-refractivity contribution in [3.05, 3.63) is 28.6 Å². The van der Waals surface area contributed by atoms with E-state index < -0.39 is 23.2 Å². The van der Waals surface area contributed by atoms with Gasteiger partial charge in [0.25, 0.3) is 5.91 Å². The van der Waals surface area contributed by atoms with Gasteiger partial charge < -0.3 is 5.32 Å². The molecule has 0 saturated carbocycles. The molecule has 0 spiro atoms. The Morgan fingerprint density at radius 2 is 1.94 bits per heavy atom. The maximum absolute atomic E-state index is 12.7. The third kappa shape index (κ3) is 2.32. The SMILES string of the molecule is CNC(=O)c1c(C(F)(F)F)cc(C)nc1C. The van der Waals surface area contributed by atoms with Crippen LogP contribution in [0.15, 0.2) is 6.07 Å². The van der Waals surface area contributed by atoms with E-state index in [4.69, 9.17) is 0 Å². The second-order valence-electron chi connectivity index (χ2n) is 3.35. The molecule has 0 atom stereocenters. The largest absolute Gasteiger partial charge is 0.417 e. The van der Waals surface area contributed by atoms with E-state index in [1.807, 2.05) is 0 Å². The quantitative estimate of drug-likeness (QED) is 0.805. The highest BCUT2D eigenvalue weighted by Crippen LogP contribution is 2.33. The van der Waals surface area contributed by atoms with E-state index in [1.54, 1.807) is 0 Å². The van der Waals surface area contributed by atoms with Crippen molar-refractivity contribution in [1.82, 2.24) is 10.3 Å². The third-order valence-corrected chi connectivity index (χ3v) is 2.09. The Morgan fingerprint density at radius 3 is 2.38 bits per heavy atom. The molecule has 0 unspecified atom stereocenters. The van der Waals surface area contributed by atoms with E-state index in [0.29, 0.717) is 0 Å². The molecule has 1 N–H and O–H groups in total. The highest BCUT2D eigenvalue weighted by Gasteiger charge is 2.36. The van der Waals surface area contributed by atoms with Crippen LogP contribution in [0.2, 0.25) is 0 Å². The summed E-state index contributed by atoms with van der Waals surface area (Å²) in [6.45, 7) is 2.84. The minimum atomic E-state index is -4.56. The molecule has 0 aliphatic rings. The van der Waals surface area contributed by atoms with Crippen LogP contribution in [0.5, 0.6) is 0 Å². The smallest absolute Gasteiger partial charge is 0.355 e. The fraction of sp³-hybridized carbons (Fsp3) is 0.400. The topological polar surface area (TPSA) is 42.0 Å². The number of hydrogen-bond donors (Lipinski definition) is 1. The molecule has 1 heterocycles. The summed E-state index contributed by atoms with van der Waals surface area (Å²) >= 11 is 0. The number of amides is 1. The highest BCUT2D eigenvalue weighted by molar-refractivity contribution is 5.96. The van der Waals surface area contributed by atoms with Gasteiger partial charge in [0.05, 0.1) is 16.8 Å². The molecule has 1 amide bonds. The molecule has 0 radical (unpaired) electrons. The average Bonchev–Trinajstić information content (AvgIpc) is 2.14. The van der Waals surface area contributed by atoms with E-state index in [2.05, 4.69) is 10.3 Å². The van der Waals surface area contributed by atoms with E-state index in [0.717, 1.165) is 6.07 Å². The molecule has 6 heteroatoms. The van der Waals surface area contributed by atoms with Crippen LogP contribution in [0.4, 0.5) is 13.2 Å². The number of rotatable bonds is 1. The van der Waals surface area contributed by atoms with Gasteiger partial charge in [-0.1, -0.05) is 0 Å². The van der Waals surface area contributed by atoms with Crippen molar-refractivity contribution >= 4 is 5.91 Å². The first-order chi connectivity index (χ1) is 7.27. The highest BCUT2D eigenvalue weighted by atomic mass is 19.4. The first-order valence-electron chi connectivity index (χ1n) is 4.55. The van der Waals surface area contributed by atoms with E-state index in [9.17, 15) is 18.0 Å². The van der Waals surface area contributed by atoms with Gasteiger partial charge in [-0.3, -0.25) is 9.78 Å². The molecule has 0 aromatic carbocycles. The molecule has 0 fully saturated rings. The predicted octanol–water partition coefficient (Wildman–Crippen LogP) is 2.08. The maximum atomic E-state index is 12.7. The summed E-state index contributed by atoms with van der Waals surface area (Å²) in [5.74, 6) is -0.780. The molecule has 3 nitrogen and oxygen atoms in total. The van der Waals surface area contributed by atoms with Crippen LogP contribution in [-0.2, 0) is 6.18 Å². The van der Waals surface area contributed by atoms with Crippen molar-refractivity contribution in [3.63, 3.8) is 0 Å². The van der Waals surface area contributed by atoms with Crippen molar-refractivity contribution in [2.45, 2.75) is 20.0 Å². The molecular formula is C10H11F3N2O. The lowest BCUT2D eigenvalue weighted by Crippen LogP contribution is -2.24. The van der Waals surface area contributed by atoms with Gasteiger partial charge >= 0.3 is 6.18 Å². The number of aromatic nitrogens is 1. The standard InChI is InChI=1S/C10H11F3N2O/c1-5-4-7(10(11,12)13)8(6(2)15-5)9(16)14-3/h4H,1-3H3,(H,14,16). The van der Waals surface area contributed by atoms with Gasteiger partial charge in [-0.2, -0.15) is 13.2 Å².